The molecule has 0 aromatic heterocycles. The Morgan fingerprint density at radius 2 is 1.88 bits per heavy atom. The summed E-state index contributed by atoms with van der Waals surface area (Å²) < 4.78 is 10.3. The third-order valence-electron chi connectivity index (χ3n) is 2.95. The van der Waals surface area contributed by atoms with Crippen molar-refractivity contribution in [1.29, 1.82) is 0 Å². The molecule has 4 nitrogen and oxygen atoms in total. The summed E-state index contributed by atoms with van der Waals surface area (Å²) in [6, 6.07) is 7.18. The van der Waals surface area contributed by atoms with Gasteiger partial charge in [0, 0.05) is 12.8 Å². The molecule has 0 radical (unpaired) electrons. The molecule has 0 saturated carbocycles. The van der Waals surface area contributed by atoms with E-state index in [0.29, 0.717) is 6.42 Å². The number of carbonyl (C=O) groups excluding carboxylic acids is 1. The Labute approximate surface area is 102 Å². The summed E-state index contributed by atoms with van der Waals surface area (Å²) in [5, 5.41) is 2.82. The summed E-state index contributed by atoms with van der Waals surface area (Å²) in [7, 11) is 3.14. The van der Waals surface area contributed by atoms with Gasteiger partial charge >= 0.3 is 0 Å². The summed E-state index contributed by atoms with van der Waals surface area (Å²) in [5.74, 6) is 0.612. The Morgan fingerprint density at radius 3 is 2.29 bits per heavy atom. The predicted molar refractivity (Wildman–Crippen MR) is 67.3 cm³/mol. The van der Waals surface area contributed by atoms with Gasteiger partial charge in [-0.2, -0.15) is 0 Å². The number of benzene rings is 1. The van der Waals surface area contributed by atoms with Crippen molar-refractivity contribution in [3.8, 4) is 5.75 Å². The minimum absolute atomic E-state index is 0.146. The highest BCUT2D eigenvalue weighted by Crippen LogP contribution is 2.19. The van der Waals surface area contributed by atoms with Gasteiger partial charge in [0.15, 0.2) is 0 Å². The highest BCUT2D eigenvalue weighted by Gasteiger charge is 2.30. The molecule has 17 heavy (non-hydrogen) atoms. The third-order valence-corrected chi connectivity index (χ3v) is 2.95. The molecule has 0 bridgehead atoms. The number of methoxy groups -OCH3 is 2. The summed E-state index contributed by atoms with van der Waals surface area (Å²) in [4.78, 5) is 12.0. The van der Waals surface area contributed by atoms with Crippen molar-refractivity contribution >= 4 is 11.6 Å². The minimum Gasteiger partial charge on any atom is -0.497 e. The zero-order valence-corrected chi connectivity index (χ0v) is 10.7. The molecule has 1 atom stereocenters. The van der Waals surface area contributed by atoms with E-state index < -0.39 is 5.60 Å². The van der Waals surface area contributed by atoms with Crippen LogP contribution in [0.4, 0.5) is 5.69 Å². The molecule has 1 amide bonds. The number of anilines is 1. The second-order valence-electron chi connectivity index (χ2n) is 3.97. The number of hydrogen-bond acceptors (Lipinski definition) is 3. The average molecular weight is 237 g/mol. The minimum atomic E-state index is -0.792. The van der Waals surface area contributed by atoms with Gasteiger partial charge in [-0.3, -0.25) is 4.79 Å². The van der Waals surface area contributed by atoms with Crippen LogP contribution in [0.2, 0.25) is 0 Å². The third kappa shape index (κ3) is 3.20. The molecule has 0 spiro atoms. The van der Waals surface area contributed by atoms with Crippen LogP contribution in [0.5, 0.6) is 5.75 Å². The van der Waals surface area contributed by atoms with E-state index in [4.69, 9.17) is 9.47 Å². The summed E-state index contributed by atoms with van der Waals surface area (Å²) >= 11 is 0. The van der Waals surface area contributed by atoms with E-state index in [9.17, 15) is 4.79 Å². The summed E-state index contributed by atoms with van der Waals surface area (Å²) in [6.07, 6.45) is 0.617. The highest BCUT2D eigenvalue weighted by molar-refractivity contribution is 5.97. The molecule has 1 rings (SSSR count). The average Bonchev–Trinajstić information content (AvgIpc) is 2.38. The Bertz CT molecular complexity index is 369. The molecule has 1 N–H and O–H groups in total. The van der Waals surface area contributed by atoms with E-state index in [1.165, 1.54) is 7.11 Å². The molecule has 0 heterocycles. The number of carbonyl (C=O) groups is 1. The van der Waals surface area contributed by atoms with Crippen LogP contribution >= 0.6 is 0 Å². The van der Waals surface area contributed by atoms with Crippen molar-refractivity contribution in [3.05, 3.63) is 24.3 Å². The van der Waals surface area contributed by atoms with Crippen LogP contribution in [0.3, 0.4) is 0 Å². The summed E-state index contributed by atoms with van der Waals surface area (Å²) in [6.45, 7) is 3.68. The Morgan fingerprint density at radius 1 is 1.29 bits per heavy atom. The first-order valence-corrected chi connectivity index (χ1v) is 5.56. The molecule has 0 fully saturated rings. The molecule has 1 aromatic carbocycles. The van der Waals surface area contributed by atoms with Gasteiger partial charge in [0.1, 0.15) is 11.4 Å². The molecule has 0 aliphatic heterocycles. The smallest absolute Gasteiger partial charge is 0.256 e. The van der Waals surface area contributed by atoms with E-state index in [1.54, 1.807) is 38.3 Å². The Kier molecular flexibility index (Phi) is 4.52. The van der Waals surface area contributed by atoms with E-state index in [0.717, 1.165) is 11.4 Å². The van der Waals surface area contributed by atoms with E-state index in [2.05, 4.69) is 5.32 Å². The predicted octanol–water partition coefficient (Wildman–Crippen LogP) is 2.45. The maximum absolute atomic E-state index is 12.0. The molecule has 0 saturated heterocycles. The number of ether oxygens (including phenoxy) is 2. The second-order valence-corrected chi connectivity index (χ2v) is 3.97. The Hall–Kier alpha value is -1.55. The number of rotatable bonds is 5. The van der Waals surface area contributed by atoms with E-state index in [-0.39, 0.29) is 5.91 Å². The van der Waals surface area contributed by atoms with Crippen molar-refractivity contribution < 1.29 is 14.3 Å². The van der Waals surface area contributed by atoms with Gasteiger partial charge in [0.05, 0.1) is 7.11 Å². The SMILES string of the molecule is CCC(C)(OC)C(=O)Nc1ccc(OC)cc1. The molecular formula is C13H19NO3. The van der Waals surface area contributed by atoms with Crippen LogP contribution in [0.25, 0.3) is 0 Å². The van der Waals surface area contributed by atoms with Crippen LogP contribution in [-0.4, -0.2) is 25.7 Å². The lowest BCUT2D eigenvalue weighted by Gasteiger charge is -2.25. The first-order valence-electron chi connectivity index (χ1n) is 5.56. The Balaban J connectivity index is 2.73. The van der Waals surface area contributed by atoms with Gasteiger partial charge < -0.3 is 14.8 Å². The molecular weight excluding hydrogens is 218 g/mol. The second kappa shape index (κ2) is 5.68. The lowest BCUT2D eigenvalue weighted by atomic mass is 10.0. The van der Waals surface area contributed by atoms with Gasteiger partial charge in [0.25, 0.3) is 5.91 Å². The van der Waals surface area contributed by atoms with Crippen LogP contribution in [0.15, 0.2) is 24.3 Å². The fraction of sp³-hybridized carbons (Fsp3) is 0.462. The van der Waals surface area contributed by atoms with Crippen molar-refractivity contribution in [2.24, 2.45) is 0 Å². The van der Waals surface area contributed by atoms with Crippen molar-refractivity contribution in [2.75, 3.05) is 19.5 Å². The first-order chi connectivity index (χ1) is 8.05. The molecule has 0 aliphatic rings. The van der Waals surface area contributed by atoms with Gasteiger partial charge in [-0.1, -0.05) is 6.92 Å². The van der Waals surface area contributed by atoms with E-state index in [1.807, 2.05) is 6.92 Å². The monoisotopic (exact) mass is 237 g/mol. The topological polar surface area (TPSA) is 47.6 Å². The number of hydrogen-bond donors (Lipinski definition) is 1. The maximum Gasteiger partial charge on any atom is 0.256 e. The van der Waals surface area contributed by atoms with Crippen molar-refractivity contribution in [2.45, 2.75) is 25.9 Å². The molecule has 1 unspecified atom stereocenters. The molecule has 94 valence electrons. The maximum atomic E-state index is 12.0. The van der Waals surface area contributed by atoms with Crippen LogP contribution < -0.4 is 10.1 Å². The van der Waals surface area contributed by atoms with Crippen LogP contribution in [0, 0.1) is 0 Å². The lowest BCUT2D eigenvalue weighted by molar-refractivity contribution is -0.136. The van der Waals surface area contributed by atoms with Gasteiger partial charge in [-0.05, 0) is 37.6 Å². The van der Waals surface area contributed by atoms with Gasteiger partial charge in [-0.25, -0.2) is 0 Å². The fourth-order valence-corrected chi connectivity index (χ4v) is 1.34. The quantitative estimate of drug-likeness (QED) is 0.855. The van der Waals surface area contributed by atoms with Crippen molar-refractivity contribution in [1.82, 2.24) is 0 Å². The first kappa shape index (κ1) is 13.5. The molecule has 1 aromatic rings. The van der Waals surface area contributed by atoms with Crippen molar-refractivity contribution in [3.63, 3.8) is 0 Å². The van der Waals surface area contributed by atoms with Crippen LogP contribution in [-0.2, 0) is 9.53 Å². The number of amides is 1. The number of nitrogens with one attached hydrogen (secondary N) is 1. The van der Waals surface area contributed by atoms with Crippen LogP contribution in [0.1, 0.15) is 20.3 Å². The normalized spacial score (nSPS) is 13.9. The standard InChI is InChI=1S/C13H19NO3/c1-5-13(2,17-4)12(15)14-10-6-8-11(16-3)9-7-10/h6-9H,5H2,1-4H3,(H,14,15). The summed E-state index contributed by atoms with van der Waals surface area (Å²) in [5.41, 5.74) is -0.0625. The van der Waals surface area contributed by atoms with E-state index >= 15 is 0 Å². The van der Waals surface area contributed by atoms with Gasteiger partial charge in [-0.15, -0.1) is 0 Å². The zero-order valence-electron chi connectivity index (χ0n) is 10.7. The largest absolute Gasteiger partial charge is 0.497 e. The fourth-order valence-electron chi connectivity index (χ4n) is 1.34. The molecule has 0 aliphatic carbocycles. The zero-order chi connectivity index (χ0) is 12.9. The highest BCUT2D eigenvalue weighted by atomic mass is 16.5. The molecule has 4 heteroatoms. The van der Waals surface area contributed by atoms with Gasteiger partial charge in [0.2, 0.25) is 0 Å². The lowest BCUT2D eigenvalue weighted by Crippen LogP contribution is -2.41.